The second-order valence-electron chi connectivity index (χ2n) is 6.10. The minimum Gasteiger partial charge on any atom is -0.467 e. The molecule has 0 aromatic carbocycles. The number of aliphatic hydroxyl groups is 1. The molecular formula is C14H28N2O4. The molecule has 0 bridgehead atoms. The lowest BCUT2D eigenvalue weighted by Crippen LogP contribution is -2.51. The molecular weight excluding hydrogens is 260 g/mol. The second-order valence-corrected chi connectivity index (χ2v) is 6.10. The van der Waals surface area contributed by atoms with Gasteiger partial charge < -0.3 is 15.2 Å². The van der Waals surface area contributed by atoms with E-state index in [1.807, 2.05) is 27.7 Å². The van der Waals surface area contributed by atoms with Crippen molar-refractivity contribution in [2.24, 2.45) is 5.92 Å². The average Bonchev–Trinajstić information content (AvgIpc) is 2.36. The van der Waals surface area contributed by atoms with E-state index in [4.69, 9.17) is 4.74 Å². The normalized spacial score (nSPS) is 13.4. The Labute approximate surface area is 121 Å². The summed E-state index contributed by atoms with van der Waals surface area (Å²) >= 11 is 0. The Morgan fingerprint density at radius 2 is 1.90 bits per heavy atom. The number of aliphatic hydroxyl groups excluding tert-OH is 1. The van der Waals surface area contributed by atoms with Crippen LogP contribution in [0.4, 0.5) is 0 Å². The Kier molecular flexibility index (Phi) is 7.75. The Morgan fingerprint density at radius 3 is 2.30 bits per heavy atom. The highest BCUT2D eigenvalue weighted by Crippen LogP contribution is 2.11. The zero-order chi connectivity index (χ0) is 15.9. The van der Waals surface area contributed by atoms with Crippen molar-refractivity contribution in [1.29, 1.82) is 0 Å². The van der Waals surface area contributed by atoms with E-state index in [1.54, 1.807) is 11.9 Å². The van der Waals surface area contributed by atoms with Gasteiger partial charge in [-0.15, -0.1) is 0 Å². The number of nitrogens with one attached hydrogen (secondary N) is 1. The van der Waals surface area contributed by atoms with Crippen molar-refractivity contribution in [2.45, 2.75) is 45.7 Å². The molecule has 0 saturated carbocycles. The van der Waals surface area contributed by atoms with Crippen LogP contribution in [0.25, 0.3) is 0 Å². The SMILES string of the molecule is COC(=O)C(CC(C)C)NC(=O)CN(C)C(C)(C)CO. The number of carbonyl (C=O) groups excluding carboxylic acids is 2. The van der Waals surface area contributed by atoms with Gasteiger partial charge in [0.15, 0.2) is 0 Å². The summed E-state index contributed by atoms with van der Waals surface area (Å²) in [4.78, 5) is 25.4. The predicted octanol–water partition coefficient (Wildman–Crippen LogP) is 0.393. The van der Waals surface area contributed by atoms with Crippen molar-refractivity contribution in [3.63, 3.8) is 0 Å². The van der Waals surface area contributed by atoms with Gasteiger partial charge in [-0.25, -0.2) is 4.79 Å². The number of rotatable bonds is 8. The molecule has 118 valence electrons. The van der Waals surface area contributed by atoms with Gasteiger partial charge in [-0.2, -0.15) is 0 Å². The second kappa shape index (κ2) is 8.21. The minimum absolute atomic E-state index is 0.0524. The molecule has 0 heterocycles. The van der Waals surface area contributed by atoms with Crippen LogP contribution in [-0.4, -0.2) is 60.8 Å². The number of esters is 1. The highest BCUT2D eigenvalue weighted by Gasteiger charge is 2.27. The van der Waals surface area contributed by atoms with Gasteiger partial charge in [0.25, 0.3) is 0 Å². The maximum atomic E-state index is 12.0. The van der Waals surface area contributed by atoms with Crippen LogP contribution in [0.15, 0.2) is 0 Å². The lowest BCUT2D eigenvalue weighted by Gasteiger charge is -2.33. The predicted molar refractivity (Wildman–Crippen MR) is 77.2 cm³/mol. The quantitative estimate of drug-likeness (QED) is 0.632. The molecule has 0 aromatic rings. The Balaban J connectivity index is 4.57. The average molecular weight is 288 g/mol. The molecule has 0 radical (unpaired) electrons. The summed E-state index contributed by atoms with van der Waals surface area (Å²) in [5, 5.41) is 11.9. The Bertz CT molecular complexity index is 329. The highest BCUT2D eigenvalue weighted by atomic mass is 16.5. The standard InChI is InChI=1S/C14H28N2O4/c1-10(2)7-11(13(19)20-6)15-12(18)8-16(5)14(3,4)9-17/h10-11,17H,7-9H2,1-6H3,(H,15,18). The molecule has 1 unspecified atom stereocenters. The van der Waals surface area contributed by atoms with Crippen LogP contribution in [0.5, 0.6) is 0 Å². The first kappa shape index (κ1) is 18.9. The topological polar surface area (TPSA) is 78.9 Å². The van der Waals surface area contributed by atoms with Crippen molar-refractivity contribution >= 4 is 11.9 Å². The summed E-state index contributed by atoms with van der Waals surface area (Å²) in [6.07, 6.45) is 0.533. The van der Waals surface area contributed by atoms with Gasteiger partial charge in [-0.1, -0.05) is 13.8 Å². The van der Waals surface area contributed by atoms with E-state index in [-0.39, 0.29) is 25.0 Å². The van der Waals surface area contributed by atoms with Crippen LogP contribution in [0.3, 0.4) is 0 Å². The van der Waals surface area contributed by atoms with Gasteiger partial charge in [0, 0.05) is 5.54 Å². The van der Waals surface area contributed by atoms with E-state index in [0.717, 1.165) is 0 Å². The van der Waals surface area contributed by atoms with E-state index < -0.39 is 17.6 Å². The van der Waals surface area contributed by atoms with E-state index in [1.165, 1.54) is 7.11 Å². The van der Waals surface area contributed by atoms with Crippen LogP contribution < -0.4 is 5.32 Å². The van der Waals surface area contributed by atoms with Crippen LogP contribution in [-0.2, 0) is 14.3 Å². The number of hydrogen-bond acceptors (Lipinski definition) is 5. The van der Waals surface area contributed by atoms with Crippen molar-refractivity contribution in [3.05, 3.63) is 0 Å². The third kappa shape index (κ3) is 6.34. The molecule has 6 heteroatoms. The molecule has 1 amide bonds. The first-order valence-electron chi connectivity index (χ1n) is 6.83. The minimum atomic E-state index is -0.627. The molecule has 0 aliphatic heterocycles. The van der Waals surface area contributed by atoms with Crippen molar-refractivity contribution in [2.75, 3.05) is 27.3 Å². The number of methoxy groups -OCH3 is 1. The van der Waals surface area contributed by atoms with E-state index >= 15 is 0 Å². The molecule has 6 nitrogen and oxygen atoms in total. The van der Waals surface area contributed by atoms with Crippen molar-refractivity contribution in [3.8, 4) is 0 Å². The Hall–Kier alpha value is -1.14. The molecule has 0 aliphatic rings. The monoisotopic (exact) mass is 288 g/mol. The summed E-state index contributed by atoms with van der Waals surface area (Å²) < 4.78 is 4.70. The van der Waals surface area contributed by atoms with E-state index in [2.05, 4.69) is 5.32 Å². The molecule has 0 rings (SSSR count). The van der Waals surface area contributed by atoms with E-state index in [0.29, 0.717) is 6.42 Å². The summed E-state index contributed by atoms with van der Waals surface area (Å²) in [6.45, 7) is 7.69. The number of ether oxygens (including phenoxy) is 1. The fourth-order valence-electron chi connectivity index (χ4n) is 1.62. The molecule has 1 atom stereocenters. The van der Waals surface area contributed by atoms with Gasteiger partial charge in [-0.3, -0.25) is 9.69 Å². The number of nitrogens with zero attached hydrogens (tertiary/aromatic N) is 1. The van der Waals surface area contributed by atoms with Crippen LogP contribution in [0.2, 0.25) is 0 Å². The van der Waals surface area contributed by atoms with Gasteiger partial charge in [0.05, 0.1) is 20.3 Å². The molecule has 0 aliphatic carbocycles. The number of carbonyl (C=O) groups is 2. The fourth-order valence-corrected chi connectivity index (χ4v) is 1.62. The van der Waals surface area contributed by atoms with Crippen LogP contribution in [0, 0.1) is 5.92 Å². The summed E-state index contributed by atoms with van der Waals surface area (Å²) in [7, 11) is 3.06. The zero-order valence-corrected chi connectivity index (χ0v) is 13.4. The largest absolute Gasteiger partial charge is 0.467 e. The van der Waals surface area contributed by atoms with Gasteiger partial charge in [0.2, 0.25) is 5.91 Å². The van der Waals surface area contributed by atoms with Crippen LogP contribution >= 0.6 is 0 Å². The van der Waals surface area contributed by atoms with Gasteiger partial charge in [-0.05, 0) is 33.2 Å². The van der Waals surface area contributed by atoms with Crippen LogP contribution in [0.1, 0.15) is 34.1 Å². The zero-order valence-electron chi connectivity index (χ0n) is 13.4. The third-order valence-electron chi connectivity index (χ3n) is 3.33. The first-order chi connectivity index (χ1) is 9.13. The molecule has 20 heavy (non-hydrogen) atoms. The molecule has 0 saturated heterocycles. The fraction of sp³-hybridized carbons (Fsp3) is 0.857. The van der Waals surface area contributed by atoms with Crippen molar-refractivity contribution < 1.29 is 19.4 Å². The summed E-state index contributed by atoms with van der Waals surface area (Å²) in [5.41, 5.74) is -0.490. The molecule has 2 N–H and O–H groups in total. The number of likely N-dealkylation sites (N-methyl/N-ethyl adjacent to an activating group) is 1. The van der Waals surface area contributed by atoms with Crippen molar-refractivity contribution in [1.82, 2.24) is 10.2 Å². The number of amides is 1. The summed E-state index contributed by atoms with van der Waals surface area (Å²) in [5.74, 6) is -0.424. The Morgan fingerprint density at radius 1 is 1.35 bits per heavy atom. The third-order valence-corrected chi connectivity index (χ3v) is 3.33. The summed E-state index contributed by atoms with van der Waals surface area (Å²) in [6, 6.07) is -0.627. The lowest BCUT2D eigenvalue weighted by molar-refractivity contribution is -0.145. The maximum absolute atomic E-state index is 12.0. The van der Waals surface area contributed by atoms with E-state index in [9.17, 15) is 14.7 Å². The lowest BCUT2D eigenvalue weighted by atomic mass is 10.0. The maximum Gasteiger partial charge on any atom is 0.328 e. The molecule has 0 fully saturated rings. The van der Waals surface area contributed by atoms with Gasteiger partial charge >= 0.3 is 5.97 Å². The smallest absolute Gasteiger partial charge is 0.328 e. The molecule has 0 spiro atoms. The number of hydrogen-bond donors (Lipinski definition) is 2. The first-order valence-corrected chi connectivity index (χ1v) is 6.83. The van der Waals surface area contributed by atoms with Gasteiger partial charge in [0.1, 0.15) is 6.04 Å². The highest BCUT2D eigenvalue weighted by molar-refractivity contribution is 5.85. The molecule has 0 aromatic heterocycles.